The lowest BCUT2D eigenvalue weighted by Gasteiger charge is -2.17. The Morgan fingerprint density at radius 2 is 1.89 bits per heavy atom. The van der Waals surface area contributed by atoms with Crippen LogP contribution in [0.4, 0.5) is 14.5 Å². The molecule has 1 aliphatic rings. The first-order valence-corrected chi connectivity index (χ1v) is 7.92. The Balaban J connectivity index is 2.26. The van der Waals surface area contributed by atoms with Crippen LogP contribution in [0.25, 0.3) is 0 Å². The third kappa shape index (κ3) is 3.22. The van der Waals surface area contributed by atoms with E-state index in [9.17, 15) is 22.0 Å². The molecule has 0 aromatic heterocycles. The van der Waals surface area contributed by atoms with Gasteiger partial charge in [-0.2, -0.15) is 0 Å². The van der Waals surface area contributed by atoms with E-state index < -0.39 is 44.0 Å². The Hall–Kier alpha value is -1.21. The molecule has 0 aliphatic carbocycles. The monoisotopic (exact) mass is 309 g/mol. The highest BCUT2D eigenvalue weighted by molar-refractivity contribution is 8.13. The van der Waals surface area contributed by atoms with Gasteiger partial charge in [-0.25, -0.2) is 17.2 Å². The lowest BCUT2D eigenvalue weighted by atomic mass is 10.1. The highest BCUT2D eigenvalue weighted by Crippen LogP contribution is 2.30. The quantitative estimate of drug-likeness (QED) is 0.801. The van der Waals surface area contributed by atoms with Crippen molar-refractivity contribution in [2.45, 2.75) is 6.42 Å². The van der Waals surface area contributed by atoms with E-state index in [-0.39, 0.29) is 13.0 Å². The van der Waals surface area contributed by atoms with Crippen LogP contribution in [0, 0.1) is 17.6 Å². The minimum Gasteiger partial charge on any atom is -0.307 e. The number of para-hydroxylation sites is 1. The molecule has 1 atom stereocenters. The van der Waals surface area contributed by atoms with Gasteiger partial charge in [-0.15, -0.1) is 0 Å². The average Bonchev–Trinajstić information content (AvgIpc) is 2.56. The summed E-state index contributed by atoms with van der Waals surface area (Å²) in [4.78, 5) is 12.7. The zero-order chi connectivity index (χ0) is 14.2. The molecule has 1 unspecified atom stereocenters. The number of rotatable bonds is 3. The first kappa shape index (κ1) is 14.2. The molecule has 0 bridgehead atoms. The first-order chi connectivity index (χ1) is 8.78. The molecule has 104 valence electrons. The van der Waals surface area contributed by atoms with Gasteiger partial charge in [0.1, 0.15) is 17.3 Å². The number of hydrogen-bond donors (Lipinski definition) is 0. The van der Waals surface area contributed by atoms with Crippen molar-refractivity contribution in [2.24, 2.45) is 5.92 Å². The fourth-order valence-electron chi connectivity index (χ4n) is 2.14. The Kier molecular flexibility index (Phi) is 3.78. The Morgan fingerprint density at radius 1 is 1.32 bits per heavy atom. The highest BCUT2D eigenvalue weighted by atomic mass is 35.7. The summed E-state index contributed by atoms with van der Waals surface area (Å²) in [5.74, 6) is -3.19. The van der Waals surface area contributed by atoms with Crippen molar-refractivity contribution >= 4 is 31.3 Å². The summed E-state index contributed by atoms with van der Waals surface area (Å²) in [5.41, 5.74) is -0.443. The van der Waals surface area contributed by atoms with E-state index in [1.807, 2.05) is 0 Å². The van der Waals surface area contributed by atoms with Gasteiger partial charge in [0.2, 0.25) is 15.0 Å². The van der Waals surface area contributed by atoms with Crippen molar-refractivity contribution < 1.29 is 22.0 Å². The Morgan fingerprint density at radius 3 is 2.42 bits per heavy atom. The van der Waals surface area contributed by atoms with E-state index >= 15 is 0 Å². The molecule has 0 spiro atoms. The van der Waals surface area contributed by atoms with Crippen LogP contribution in [-0.2, 0) is 13.8 Å². The third-order valence-corrected chi connectivity index (χ3v) is 4.09. The molecule has 2 rings (SSSR count). The second-order valence-corrected chi connectivity index (χ2v) is 7.17. The molecule has 4 nitrogen and oxygen atoms in total. The maximum atomic E-state index is 13.6. The van der Waals surface area contributed by atoms with E-state index in [0.717, 1.165) is 17.0 Å². The van der Waals surface area contributed by atoms with Crippen molar-refractivity contribution in [2.75, 3.05) is 17.2 Å². The van der Waals surface area contributed by atoms with Gasteiger partial charge in [0.05, 0.1) is 5.75 Å². The lowest BCUT2D eigenvalue weighted by molar-refractivity contribution is -0.117. The third-order valence-electron chi connectivity index (χ3n) is 2.85. The zero-order valence-corrected chi connectivity index (χ0v) is 11.2. The van der Waals surface area contributed by atoms with Gasteiger partial charge >= 0.3 is 0 Å². The van der Waals surface area contributed by atoms with Gasteiger partial charge < -0.3 is 4.90 Å². The second kappa shape index (κ2) is 5.05. The number of benzene rings is 1. The highest BCUT2D eigenvalue weighted by Gasteiger charge is 2.35. The number of nitrogens with zero attached hydrogens (tertiary/aromatic N) is 1. The molecule has 1 fully saturated rings. The summed E-state index contributed by atoms with van der Waals surface area (Å²) in [6, 6.07) is 3.27. The van der Waals surface area contributed by atoms with Crippen LogP contribution in [0.2, 0.25) is 0 Å². The normalized spacial score (nSPS) is 20.1. The van der Waals surface area contributed by atoms with E-state index in [2.05, 4.69) is 0 Å². The minimum atomic E-state index is -3.75. The van der Waals surface area contributed by atoms with E-state index in [1.54, 1.807) is 0 Å². The van der Waals surface area contributed by atoms with Crippen molar-refractivity contribution in [1.82, 2.24) is 0 Å². The number of carbonyl (C=O) groups excluding carboxylic acids is 1. The smallest absolute Gasteiger partial charge is 0.232 e. The summed E-state index contributed by atoms with van der Waals surface area (Å²) in [6.45, 7) is -0.0668. The second-order valence-electron chi connectivity index (χ2n) is 4.35. The SMILES string of the molecule is O=C1CC(CS(=O)(=O)Cl)CN1c1c(F)cccc1F. The largest absolute Gasteiger partial charge is 0.307 e. The summed E-state index contributed by atoms with van der Waals surface area (Å²) in [6.07, 6.45) is -0.0975. The summed E-state index contributed by atoms with van der Waals surface area (Å²) in [7, 11) is 1.36. The Bertz CT molecular complexity index is 600. The van der Waals surface area contributed by atoms with Crippen LogP contribution in [0.3, 0.4) is 0 Å². The molecule has 1 aromatic carbocycles. The van der Waals surface area contributed by atoms with Crippen LogP contribution in [0.5, 0.6) is 0 Å². The summed E-state index contributed by atoms with van der Waals surface area (Å²) in [5, 5.41) is 0. The molecule has 1 aliphatic heterocycles. The number of hydrogen-bond acceptors (Lipinski definition) is 3. The molecular formula is C11H10ClF2NO3S. The van der Waals surface area contributed by atoms with E-state index in [1.165, 1.54) is 6.07 Å². The van der Waals surface area contributed by atoms with Crippen LogP contribution in [-0.4, -0.2) is 26.6 Å². The summed E-state index contributed by atoms with van der Waals surface area (Å²) < 4.78 is 49.0. The van der Waals surface area contributed by atoms with E-state index in [4.69, 9.17) is 10.7 Å². The first-order valence-electron chi connectivity index (χ1n) is 5.44. The van der Waals surface area contributed by atoms with Crippen LogP contribution >= 0.6 is 10.7 Å². The Labute approximate surface area is 113 Å². The number of halogens is 3. The van der Waals surface area contributed by atoms with Gasteiger partial charge in [0.15, 0.2) is 0 Å². The molecular weight excluding hydrogens is 300 g/mol. The van der Waals surface area contributed by atoms with E-state index in [0.29, 0.717) is 0 Å². The maximum absolute atomic E-state index is 13.6. The number of anilines is 1. The molecule has 0 N–H and O–H groups in total. The molecule has 1 amide bonds. The molecule has 1 saturated heterocycles. The summed E-state index contributed by atoms with van der Waals surface area (Å²) >= 11 is 0. The predicted molar refractivity (Wildman–Crippen MR) is 66.5 cm³/mol. The van der Waals surface area contributed by atoms with Crippen molar-refractivity contribution in [1.29, 1.82) is 0 Å². The average molecular weight is 310 g/mol. The fourth-order valence-corrected chi connectivity index (χ4v) is 3.46. The molecule has 19 heavy (non-hydrogen) atoms. The van der Waals surface area contributed by atoms with Gasteiger partial charge in [-0.1, -0.05) is 6.07 Å². The van der Waals surface area contributed by atoms with Crippen molar-refractivity contribution in [3.8, 4) is 0 Å². The zero-order valence-electron chi connectivity index (χ0n) is 9.64. The predicted octanol–water partition coefficient (Wildman–Crippen LogP) is 1.89. The van der Waals surface area contributed by atoms with Crippen molar-refractivity contribution in [3.05, 3.63) is 29.8 Å². The molecule has 1 heterocycles. The van der Waals surface area contributed by atoms with Crippen LogP contribution in [0.1, 0.15) is 6.42 Å². The number of carbonyl (C=O) groups is 1. The van der Waals surface area contributed by atoms with Crippen molar-refractivity contribution in [3.63, 3.8) is 0 Å². The van der Waals surface area contributed by atoms with Gasteiger partial charge in [-0.3, -0.25) is 4.79 Å². The van der Waals surface area contributed by atoms with Crippen LogP contribution < -0.4 is 4.90 Å². The fraction of sp³-hybridized carbons (Fsp3) is 0.364. The van der Waals surface area contributed by atoms with Gasteiger partial charge in [-0.05, 0) is 12.1 Å². The molecule has 8 heteroatoms. The van der Waals surface area contributed by atoms with Gasteiger partial charge in [0.25, 0.3) is 0 Å². The maximum Gasteiger partial charge on any atom is 0.232 e. The standard InChI is InChI=1S/C11H10ClF2NO3S/c12-19(17,18)6-7-4-10(16)15(5-7)11-8(13)2-1-3-9(11)14/h1-3,7H,4-6H2. The minimum absolute atomic E-state index is 0.0668. The van der Waals surface area contributed by atoms with Crippen LogP contribution in [0.15, 0.2) is 18.2 Å². The van der Waals surface area contributed by atoms with Gasteiger partial charge in [0, 0.05) is 29.6 Å². The molecule has 1 aromatic rings. The molecule has 0 radical (unpaired) electrons. The topological polar surface area (TPSA) is 54.5 Å². The number of amides is 1. The molecule has 0 saturated carbocycles. The lowest BCUT2D eigenvalue weighted by Crippen LogP contribution is -2.27.